The fourth-order valence-electron chi connectivity index (χ4n) is 3.21. The van der Waals surface area contributed by atoms with Crippen LogP contribution in [0.2, 0.25) is 0 Å². The summed E-state index contributed by atoms with van der Waals surface area (Å²) in [7, 11) is 0. The predicted octanol–water partition coefficient (Wildman–Crippen LogP) is 2.31. The molecule has 2 amide bonds. The monoisotopic (exact) mass is 361 g/mol. The van der Waals surface area contributed by atoms with E-state index in [9.17, 15) is 14.0 Å². The molecule has 140 valence electrons. The Morgan fingerprint density at radius 1 is 1.31 bits per heavy atom. The Kier molecular flexibility index (Phi) is 5.56. The lowest BCUT2D eigenvalue weighted by molar-refractivity contribution is -0.139. The van der Waals surface area contributed by atoms with Gasteiger partial charge in [-0.1, -0.05) is 18.2 Å². The summed E-state index contributed by atoms with van der Waals surface area (Å²) in [5.74, 6) is -0.690. The molecule has 2 aliphatic rings. The van der Waals surface area contributed by atoms with Gasteiger partial charge in [-0.05, 0) is 32.8 Å². The van der Waals surface area contributed by atoms with Gasteiger partial charge >= 0.3 is 12.0 Å². The number of carbonyl (C=O) groups excluding carboxylic acids is 2. The standard InChI is InChI=1S/C19H24FN3O3/c1-3-26-18(24)17-12(2)21-19(25)22-16(17)11-23(14-8-9-14)10-13-6-4-5-7-15(13)20/h4-7,12,14H,3,8-11H2,1-2H3,(H2,21,22,25). The van der Waals surface area contributed by atoms with Crippen molar-refractivity contribution in [3.8, 4) is 0 Å². The van der Waals surface area contributed by atoms with Crippen molar-refractivity contribution in [3.05, 3.63) is 46.9 Å². The van der Waals surface area contributed by atoms with Gasteiger partial charge in [0, 0.05) is 30.4 Å². The SMILES string of the molecule is CCOC(=O)C1=C(CN(Cc2ccccc2F)C2CC2)NC(=O)NC1C. The molecule has 1 aliphatic carbocycles. The average molecular weight is 361 g/mol. The second kappa shape index (κ2) is 7.86. The zero-order valence-electron chi connectivity index (χ0n) is 15.0. The van der Waals surface area contributed by atoms with Crippen molar-refractivity contribution in [3.63, 3.8) is 0 Å². The molecule has 1 heterocycles. The van der Waals surface area contributed by atoms with Crippen molar-refractivity contribution in [1.29, 1.82) is 0 Å². The van der Waals surface area contributed by atoms with Crippen LogP contribution in [0.1, 0.15) is 32.3 Å². The van der Waals surface area contributed by atoms with Gasteiger partial charge in [-0.2, -0.15) is 0 Å². The van der Waals surface area contributed by atoms with Gasteiger partial charge in [-0.3, -0.25) is 4.90 Å². The number of hydrogen-bond donors (Lipinski definition) is 2. The topological polar surface area (TPSA) is 70.7 Å². The molecule has 1 unspecified atom stereocenters. The lowest BCUT2D eigenvalue weighted by atomic mass is 10.0. The zero-order valence-corrected chi connectivity index (χ0v) is 15.0. The maximum Gasteiger partial charge on any atom is 0.337 e. The molecular weight excluding hydrogens is 337 g/mol. The van der Waals surface area contributed by atoms with Crippen LogP contribution in [-0.2, 0) is 16.1 Å². The number of rotatable bonds is 7. The Morgan fingerprint density at radius 2 is 2.04 bits per heavy atom. The lowest BCUT2D eigenvalue weighted by Gasteiger charge is -2.30. The van der Waals surface area contributed by atoms with Gasteiger partial charge < -0.3 is 15.4 Å². The van der Waals surface area contributed by atoms with Crippen LogP contribution in [0.4, 0.5) is 9.18 Å². The summed E-state index contributed by atoms with van der Waals surface area (Å²) in [6.45, 7) is 4.55. The van der Waals surface area contributed by atoms with Crippen molar-refractivity contribution >= 4 is 12.0 Å². The minimum atomic E-state index is -0.441. The van der Waals surface area contributed by atoms with Crippen molar-refractivity contribution in [2.45, 2.75) is 45.3 Å². The number of hydrogen-bond acceptors (Lipinski definition) is 4. The normalized spacial score (nSPS) is 20.0. The molecule has 1 aromatic rings. The van der Waals surface area contributed by atoms with Gasteiger partial charge in [0.2, 0.25) is 0 Å². The van der Waals surface area contributed by atoms with Crippen LogP contribution in [0, 0.1) is 5.82 Å². The smallest absolute Gasteiger partial charge is 0.337 e. The molecule has 1 atom stereocenters. The molecule has 2 N–H and O–H groups in total. The molecule has 1 saturated carbocycles. The highest BCUT2D eigenvalue weighted by molar-refractivity contribution is 5.94. The fourth-order valence-corrected chi connectivity index (χ4v) is 3.21. The van der Waals surface area contributed by atoms with Crippen LogP contribution in [0.3, 0.4) is 0 Å². The highest BCUT2D eigenvalue weighted by Gasteiger charge is 2.34. The molecule has 0 bridgehead atoms. The molecule has 3 rings (SSSR count). The minimum absolute atomic E-state index is 0.250. The Labute approximate surface area is 152 Å². The first-order valence-corrected chi connectivity index (χ1v) is 8.94. The Hall–Kier alpha value is -2.41. The minimum Gasteiger partial charge on any atom is -0.463 e. The van der Waals surface area contributed by atoms with Crippen molar-refractivity contribution in [1.82, 2.24) is 15.5 Å². The van der Waals surface area contributed by atoms with Gasteiger partial charge in [0.25, 0.3) is 0 Å². The number of urea groups is 1. The molecule has 6 nitrogen and oxygen atoms in total. The van der Waals surface area contributed by atoms with Crippen LogP contribution < -0.4 is 10.6 Å². The summed E-state index contributed by atoms with van der Waals surface area (Å²) < 4.78 is 19.2. The number of carbonyl (C=O) groups is 2. The number of esters is 1. The first-order valence-electron chi connectivity index (χ1n) is 8.94. The van der Waals surface area contributed by atoms with Gasteiger partial charge in [0.1, 0.15) is 5.82 Å². The van der Waals surface area contributed by atoms with E-state index in [2.05, 4.69) is 15.5 Å². The third-order valence-corrected chi connectivity index (χ3v) is 4.62. The largest absolute Gasteiger partial charge is 0.463 e. The van der Waals surface area contributed by atoms with Gasteiger partial charge in [0.05, 0.1) is 18.2 Å². The molecule has 1 fully saturated rings. The first-order chi connectivity index (χ1) is 12.5. The van der Waals surface area contributed by atoms with Gasteiger partial charge in [-0.15, -0.1) is 0 Å². The number of ether oxygens (including phenoxy) is 1. The van der Waals surface area contributed by atoms with E-state index in [0.29, 0.717) is 36.0 Å². The van der Waals surface area contributed by atoms with E-state index in [-0.39, 0.29) is 18.5 Å². The van der Waals surface area contributed by atoms with Gasteiger partial charge in [-0.25, -0.2) is 14.0 Å². The van der Waals surface area contributed by atoms with Gasteiger partial charge in [0.15, 0.2) is 0 Å². The molecule has 7 heteroatoms. The van der Waals surface area contributed by atoms with Crippen molar-refractivity contribution < 1.29 is 18.7 Å². The summed E-state index contributed by atoms with van der Waals surface area (Å²) in [5, 5.41) is 5.43. The van der Waals surface area contributed by atoms with E-state index in [1.165, 1.54) is 6.07 Å². The van der Waals surface area contributed by atoms with Crippen molar-refractivity contribution in [2.75, 3.05) is 13.2 Å². The zero-order chi connectivity index (χ0) is 18.7. The average Bonchev–Trinajstić information content (AvgIpc) is 3.40. The highest BCUT2D eigenvalue weighted by Crippen LogP contribution is 2.30. The highest BCUT2D eigenvalue weighted by atomic mass is 19.1. The summed E-state index contributed by atoms with van der Waals surface area (Å²) in [6, 6.07) is 6.21. The maximum atomic E-state index is 14.0. The fraction of sp³-hybridized carbons (Fsp3) is 0.474. The number of halogens is 1. The molecule has 1 aliphatic heterocycles. The van der Waals surface area contributed by atoms with E-state index in [1.54, 1.807) is 32.0 Å². The first kappa shape index (κ1) is 18.4. The van der Waals surface area contributed by atoms with Crippen molar-refractivity contribution in [2.24, 2.45) is 0 Å². The summed E-state index contributed by atoms with van der Waals surface area (Å²) in [6.07, 6.45) is 2.05. The number of nitrogens with zero attached hydrogens (tertiary/aromatic N) is 1. The van der Waals surface area contributed by atoms with E-state index >= 15 is 0 Å². The third kappa shape index (κ3) is 4.22. The second-order valence-electron chi connectivity index (χ2n) is 6.66. The third-order valence-electron chi connectivity index (χ3n) is 4.62. The Bertz CT molecular complexity index is 730. The summed E-state index contributed by atoms with van der Waals surface area (Å²) in [5.41, 5.74) is 1.56. The molecule has 0 aromatic heterocycles. The molecule has 26 heavy (non-hydrogen) atoms. The molecule has 1 aromatic carbocycles. The molecular formula is C19H24FN3O3. The number of benzene rings is 1. The summed E-state index contributed by atoms with van der Waals surface area (Å²) in [4.78, 5) is 26.4. The lowest BCUT2D eigenvalue weighted by Crippen LogP contribution is -2.51. The summed E-state index contributed by atoms with van der Waals surface area (Å²) >= 11 is 0. The van der Waals surface area contributed by atoms with E-state index in [1.807, 2.05) is 0 Å². The van der Waals surface area contributed by atoms with E-state index in [4.69, 9.17) is 4.74 Å². The van der Waals surface area contributed by atoms with E-state index < -0.39 is 12.0 Å². The van der Waals surface area contributed by atoms with Crippen LogP contribution in [0.25, 0.3) is 0 Å². The number of nitrogens with one attached hydrogen (secondary N) is 2. The molecule has 0 saturated heterocycles. The predicted molar refractivity (Wildman–Crippen MR) is 94.6 cm³/mol. The van der Waals surface area contributed by atoms with E-state index in [0.717, 1.165) is 12.8 Å². The quantitative estimate of drug-likeness (QED) is 0.731. The Morgan fingerprint density at radius 3 is 2.69 bits per heavy atom. The number of amides is 2. The van der Waals surface area contributed by atoms with Crippen LogP contribution in [0.15, 0.2) is 35.5 Å². The Balaban J connectivity index is 1.85. The second-order valence-corrected chi connectivity index (χ2v) is 6.66. The maximum absolute atomic E-state index is 14.0. The molecule has 0 spiro atoms. The molecule has 0 radical (unpaired) electrons. The van der Waals surface area contributed by atoms with Crippen LogP contribution in [0.5, 0.6) is 0 Å². The van der Waals surface area contributed by atoms with Crippen LogP contribution >= 0.6 is 0 Å². The van der Waals surface area contributed by atoms with Crippen LogP contribution in [-0.4, -0.2) is 42.1 Å².